The maximum atomic E-state index is 11.7. The Balaban J connectivity index is 1.85. The van der Waals surface area contributed by atoms with Crippen LogP contribution in [0, 0.1) is 6.92 Å². The second-order valence-corrected chi connectivity index (χ2v) is 5.33. The molecule has 2 rings (SSSR count). The number of amides is 1. The fraction of sp³-hybridized carbons (Fsp3) is 0.176. The van der Waals surface area contributed by atoms with E-state index < -0.39 is 5.91 Å². The zero-order valence-corrected chi connectivity index (χ0v) is 14.0. The molecule has 2 aromatic rings. The van der Waals surface area contributed by atoms with Crippen molar-refractivity contribution >= 4 is 23.7 Å². The lowest BCUT2D eigenvalue weighted by Gasteiger charge is -2.06. The van der Waals surface area contributed by atoms with Crippen molar-refractivity contribution in [1.82, 2.24) is 5.43 Å². The molecule has 0 aromatic heterocycles. The minimum absolute atomic E-state index is 0.0327. The molecule has 0 radical (unpaired) electrons. The van der Waals surface area contributed by atoms with Crippen molar-refractivity contribution in [2.75, 3.05) is 13.7 Å². The van der Waals surface area contributed by atoms with E-state index in [4.69, 9.17) is 21.1 Å². The molecule has 0 fully saturated rings. The summed E-state index contributed by atoms with van der Waals surface area (Å²) in [5, 5.41) is 14.0. The number of nitrogens with zero attached hydrogens (tertiary/aromatic N) is 1. The van der Waals surface area contributed by atoms with Gasteiger partial charge in [-0.1, -0.05) is 11.6 Å². The average molecular weight is 349 g/mol. The topological polar surface area (TPSA) is 80.2 Å². The molecule has 0 saturated heterocycles. The van der Waals surface area contributed by atoms with Gasteiger partial charge in [-0.05, 0) is 54.4 Å². The van der Waals surface area contributed by atoms with Crippen LogP contribution in [0.3, 0.4) is 0 Å². The SMILES string of the molecule is COc1cc(C=NNC(=O)COc2ccc(Cl)c(C)c2)ccc1O. The van der Waals surface area contributed by atoms with Crippen LogP contribution in [0.5, 0.6) is 17.2 Å². The lowest BCUT2D eigenvalue weighted by molar-refractivity contribution is -0.123. The van der Waals surface area contributed by atoms with Gasteiger partial charge in [0.1, 0.15) is 5.75 Å². The maximum absolute atomic E-state index is 11.7. The maximum Gasteiger partial charge on any atom is 0.277 e. The predicted octanol–water partition coefficient (Wildman–Crippen LogP) is 2.89. The van der Waals surface area contributed by atoms with Crippen LogP contribution >= 0.6 is 11.6 Å². The number of nitrogens with one attached hydrogen (secondary N) is 1. The van der Waals surface area contributed by atoms with Gasteiger partial charge in [-0.15, -0.1) is 0 Å². The van der Waals surface area contributed by atoms with Crippen LogP contribution in [0.2, 0.25) is 5.02 Å². The molecule has 1 amide bonds. The highest BCUT2D eigenvalue weighted by molar-refractivity contribution is 6.31. The average Bonchev–Trinajstić information content (AvgIpc) is 2.57. The number of phenols is 1. The number of hydrogen-bond acceptors (Lipinski definition) is 5. The summed E-state index contributed by atoms with van der Waals surface area (Å²) < 4.78 is 10.4. The third-order valence-corrected chi connectivity index (χ3v) is 3.53. The summed E-state index contributed by atoms with van der Waals surface area (Å²) >= 11 is 5.92. The van der Waals surface area contributed by atoms with Crippen LogP contribution in [0.15, 0.2) is 41.5 Å². The van der Waals surface area contributed by atoms with Crippen molar-refractivity contribution in [3.05, 3.63) is 52.5 Å². The number of benzene rings is 2. The Bertz CT molecular complexity index is 762. The van der Waals surface area contributed by atoms with Gasteiger partial charge in [0, 0.05) is 5.02 Å². The first-order valence-corrected chi connectivity index (χ1v) is 7.45. The van der Waals surface area contributed by atoms with Gasteiger partial charge < -0.3 is 14.6 Å². The first-order chi connectivity index (χ1) is 11.5. The summed E-state index contributed by atoms with van der Waals surface area (Å²) in [6, 6.07) is 9.86. The van der Waals surface area contributed by atoms with E-state index >= 15 is 0 Å². The van der Waals surface area contributed by atoms with Crippen molar-refractivity contribution in [2.45, 2.75) is 6.92 Å². The molecule has 0 aliphatic rings. The molecular formula is C17H17ClN2O4. The number of hydrazone groups is 1. The smallest absolute Gasteiger partial charge is 0.277 e. The van der Waals surface area contributed by atoms with Gasteiger partial charge in [0.15, 0.2) is 18.1 Å². The molecule has 126 valence electrons. The third kappa shape index (κ3) is 4.89. The fourth-order valence-corrected chi connectivity index (χ4v) is 1.96. The highest BCUT2D eigenvalue weighted by Crippen LogP contribution is 2.25. The number of aryl methyl sites for hydroxylation is 1. The monoisotopic (exact) mass is 348 g/mol. The second kappa shape index (κ2) is 8.21. The van der Waals surface area contributed by atoms with Crippen molar-refractivity contribution in [3.63, 3.8) is 0 Å². The van der Waals surface area contributed by atoms with E-state index in [1.807, 2.05) is 6.92 Å². The van der Waals surface area contributed by atoms with Crippen LogP contribution in [-0.4, -0.2) is 30.9 Å². The summed E-state index contributed by atoms with van der Waals surface area (Å²) in [6.45, 7) is 1.68. The molecule has 7 heteroatoms. The molecule has 0 atom stereocenters. The summed E-state index contributed by atoms with van der Waals surface area (Å²) in [6.07, 6.45) is 1.44. The fourth-order valence-electron chi connectivity index (χ4n) is 1.84. The van der Waals surface area contributed by atoms with Gasteiger partial charge in [-0.25, -0.2) is 5.43 Å². The van der Waals surface area contributed by atoms with E-state index in [1.54, 1.807) is 30.3 Å². The minimum atomic E-state index is -0.399. The number of methoxy groups -OCH3 is 1. The van der Waals surface area contributed by atoms with Crippen molar-refractivity contribution in [3.8, 4) is 17.2 Å². The molecule has 0 bridgehead atoms. The quantitative estimate of drug-likeness (QED) is 0.621. The third-order valence-electron chi connectivity index (χ3n) is 3.11. The molecular weight excluding hydrogens is 332 g/mol. The normalized spacial score (nSPS) is 10.6. The van der Waals surface area contributed by atoms with Gasteiger partial charge in [0.25, 0.3) is 5.91 Å². The van der Waals surface area contributed by atoms with E-state index in [1.165, 1.54) is 19.4 Å². The van der Waals surface area contributed by atoms with E-state index in [2.05, 4.69) is 10.5 Å². The van der Waals surface area contributed by atoms with Crippen molar-refractivity contribution < 1.29 is 19.4 Å². The van der Waals surface area contributed by atoms with Crippen LogP contribution in [0.4, 0.5) is 0 Å². The van der Waals surface area contributed by atoms with Crippen LogP contribution < -0.4 is 14.9 Å². The molecule has 0 spiro atoms. The van der Waals surface area contributed by atoms with Crippen molar-refractivity contribution in [2.24, 2.45) is 5.10 Å². The van der Waals surface area contributed by atoms with E-state index in [0.29, 0.717) is 22.1 Å². The Kier molecular flexibility index (Phi) is 6.03. The number of phenolic OH excluding ortho intramolecular Hbond substituents is 1. The Morgan fingerprint density at radius 2 is 2.12 bits per heavy atom. The van der Waals surface area contributed by atoms with Gasteiger partial charge >= 0.3 is 0 Å². The molecule has 6 nitrogen and oxygen atoms in total. The van der Waals surface area contributed by atoms with Crippen LogP contribution in [0.25, 0.3) is 0 Å². The number of hydrogen-bond donors (Lipinski definition) is 2. The van der Waals surface area contributed by atoms with E-state index in [-0.39, 0.29) is 12.4 Å². The molecule has 0 saturated carbocycles. The molecule has 2 N–H and O–H groups in total. The summed E-state index contributed by atoms with van der Waals surface area (Å²) in [5.74, 6) is 0.515. The van der Waals surface area contributed by atoms with E-state index in [0.717, 1.165) is 5.56 Å². The summed E-state index contributed by atoms with van der Waals surface area (Å²) in [4.78, 5) is 11.7. The Labute approximate surface area is 144 Å². The van der Waals surface area contributed by atoms with E-state index in [9.17, 15) is 9.90 Å². The standard InChI is InChI=1S/C17H17ClN2O4/c1-11-7-13(4-5-14(11)18)24-10-17(22)20-19-9-12-3-6-15(21)16(8-12)23-2/h3-9,21H,10H2,1-2H3,(H,20,22). The zero-order valence-electron chi connectivity index (χ0n) is 13.2. The number of ether oxygens (including phenoxy) is 2. The number of halogens is 1. The van der Waals surface area contributed by atoms with Gasteiger partial charge in [0.2, 0.25) is 0 Å². The lowest BCUT2D eigenvalue weighted by Crippen LogP contribution is -2.24. The molecule has 0 unspecified atom stereocenters. The van der Waals surface area contributed by atoms with Gasteiger partial charge in [0.05, 0.1) is 13.3 Å². The van der Waals surface area contributed by atoms with Crippen molar-refractivity contribution in [1.29, 1.82) is 0 Å². The highest BCUT2D eigenvalue weighted by Gasteiger charge is 2.04. The first kappa shape index (κ1) is 17.6. The summed E-state index contributed by atoms with van der Waals surface area (Å²) in [5.41, 5.74) is 3.89. The minimum Gasteiger partial charge on any atom is -0.504 e. The molecule has 24 heavy (non-hydrogen) atoms. The summed E-state index contributed by atoms with van der Waals surface area (Å²) in [7, 11) is 1.45. The predicted molar refractivity (Wildman–Crippen MR) is 92.1 cm³/mol. The highest BCUT2D eigenvalue weighted by atomic mass is 35.5. The zero-order chi connectivity index (χ0) is 17.5. The largest absolute Gasteiger partial charge is 0.504 e. The number of aromatic hydroxyl groups is 1. The first-order valence-electron chi connectivity index (χ1n) is 7.07. The Morgan fingerprint density at radius 1 is 1.33 bits per heavy atom. The molecule has 2 aromatic carbocycles. The lowest BCUT2D eigenvalue weighted by atomic mass is 10.2. The van der Waals surface area contributed by atoms with Gasteiger partial charge in [-0.2, -0.15) is 5.10 Å². The van der Waals surface area contributed by atoms with Gasteiger partial charge in [-0.3, -0.25) is 4.79 Å². The number of carbonyl (C=O) groups excluding carboxylic acids is 1. The Hall–Kier alpha value is -2.73. The number of carbonyl (C=O) groups is 1. The molecule has 0 aliphatic carbocycles. The molecule has 0 heterocycles. The molecule has 0 aliphatic heterocycles. The number of rotatable bonds is 6. The van der Waals surface area contributed by atoms with Crippen LogP contribution in [-0.2, 0) is 4.79 Å². The Morgan fingerprint density at radius 3 is 2.83 bits per heavy atom. The second-order valence-electron chi connectivity index (χ2n) is 4.92. The van der Waals surface area contributed by atoms with Crippen LogP contribution in [0.1, 0.15) is 11.1 Å².